The molecule has 2 rings (SSSR count). The van der Waals surface area contributed by atoms with Gasteiger partial charge in [0.1, 0.15) is 5.56 Å². The molecule has 9 heteroatoms. The lowest BCUT2D eigenvalue weighted by molar-refractivity contribution is -0.385. The van der Waals surface area contributed by atoms with Crippen LogP contribution in [0.3, 0.4) is 0 Å². The molecule has 0 aliphatic carbocycles. The predicted octanol–water partition coefficient (Wildman–Crippen LogP) is 4.03. The van der Waals surface area contributed by atoms with E-state index in [9.17, 15) is 14.9 Å². The summed E-state index contributed by atoms with van der Waals surface area (Å²) in [5, 5.41) is 16.7. The molecule has 2 aromatic rings. The molecular formula is C14H9Cl2N3O3S. The third kappa shape index (κ3) is 4.38. The molecule has 0 fully saturated rings. The maximum atomic E-state index is 12.1. The van der Waals surface area contributed by atoms with Gasteiger partial charge in [0, 0.05) is 11.1 Å². The smallest absolute Gasteiger partial charge is 0.282 e. The van der Waals surface area contributed by atoms with Crippen molar-refractivity contribution in [2.75, 3.05) is 5.32 Å². The molecule has 118 valence electrons. The number of hydrogen-bond acceptors (Lipinski definition) is 4. The molecule has 0 radical (unpaired) electrons. The van der Waals surface area contributed by atoms with Crippen molar-refractivity contribution in [2.45, 2.75) is 0 Å². The van der Waals surface area contributed by atoms with Crippen LogP contribution < -0.4 is 10.6 Å². The largest absolute Gasteiger partial charge is 0.331 e. The van der Waals surface area contributed by atoms with Crippen molar-refractivity contribution < 1.29 is 9.72 Å². The Balaban J connectivity index is 2.13. The average Bonchev–Trinajstić information content (AvgIpc) is 2.50. The van der Waals surface area contributed by atoms with Crippen LogP contribution in [0.5, 0.6) is 0 Å². The lowest BCUT2D eigenvalue weighted by Gasteiger charge is -2.11. The molecule has 2 aromatic carbocycles. The number of amides is 1. The maximum absolute atomic E-state index is 12.1. The van der Waals surface area contributed by atoms with Gasteiger partial charge < -0.3 is 5.32 Å². The zero-order valence-corrected chi connectivity index (χ0v) is 13.7. The van der Waals surface area contributed by atoms with Gasteiger partial charge in [-0.2, -0.15) is 0 Å². The second-order valence-electron chi connectivity index (χ2n) is 4.31. The Morgan fingerprint density at radius 2 is 1.87 bits per heavy atom. The monoisotopic (exact) mass is 369 g/mol. The fourth-order valence-corrected chi connectivity index (χ4v) is 2.28. The molecule has 23 heavy (non-hydrogen) atoms. The van der Waals surface area contributed by atoms with Crippen molar-refractivity contribution in [3.8, 4) is 0 Å². The first-order chi connectivity index (χ1) is 10.9. The molecule has 0 aliphatic rings. The summed E-state index contributed by atoms with van der Waals surface area (Å²) in [5.74, 6) is -0.701. The van der Waals surface area contributed by atoms with Crippen LogP contribution in [0.1, 0.15) is 10.4 Å². The zero-order chi connectivity index (χ0) is 17.0. The van der Waals surface area contributed by atoms with Gasteiger partial charge in [-0.05, 0) is 36.5 Å². The summed E-state index contributed by atoms with van der Waals surface area (Å²) in [5.41, 5.74) is -0.000503. The van der Waals surface area contributed by atoms with Gasteiger partial charge in [-0.1, -0.05) is 35.3 Å². The third-order valence-corrected chi connectivity index (χ3v) is 3.52. The highest BCUT2D eigenvalue weighted by molar-refractivity contribution is 7.80. The Morgan fingerprint density at radius 3 is 2.57 bits per heavy atom. The van der Waals surface area contributed by atoms with Crippen molar-refractivity contribution in [1.29, 1.82) is 0 Å². The van der Waals surface area contributed by atoms with Gasteiger partial charge in [0.2, 0.25) is 0 Å². The standard InChI is InChI=1S/C14H9Cl2N3O3S/c15-8-5-6-10(16)11(7-8)17-14(23)18-13(20)9-3-1-2-4-12(9)19(21)22/h1-7H,(H2,17,18,20,23). The van der Waals surface area contributed by atoms with Crippen LogP contribution in [0.15, 0.2) is 42.5 Å². The molecule has 0 atom stereocenters. The van der Waals surface area contributed by atoms with Crippen LogP contribution in [0.25, 0.3) is 0 Å². The summed E-state index contributed by atoms with van der Waals surface area (Å²) in [6.07, 6.45) is 0. The van der Waals surface area contributed by atoms with E-state index in [0.29, 0.717) is 15.7 Å². The minimum absolute atomic E-state index is 0.0580. The first kappa shape index (κ1) is 17.1. The van der Waals surface area contributed by atoms with Crippen molar-refractivity contribution >= 4 is 57.8 Å². The molecule has 2 N–H and O–H groups in total. The number of nitro groups is 1. The lowest BCUT2D eigenvalue weighted by atomic mass is 10.1. The zero-order valence-electron chi connectivity index (χ0n) is 11.4. The molecule has 0 saturated heterocycles. The van der Waals surface area contributed by atoms with Crippen molar-refractivity contribution in [1.82, 2.24) is 5.32 Å². The Labute approximate surface area is 146 Å². The maximum Gasteiger partial charge on any atom is 0.282 e. The molecule has 0 heterocycles. The number of nitrogens with one attached hydrogen (secondary N) is 2. The second-order valence-corrected chi connectivity index (χ2v) is 5.56. The van der Waals surface area contributed by atoms with Gasteiger partial charge in [0.05, 0.1) is 15.6 Å². The van der Waals surface area contributed by atoms with Gasteiger partial charge in [0.25, 0.3) is 11.6 Å². The average molecular weight is 370 g/mol. The topological polar surface area (TPSA) is 84.3 Å². The minimum Gasteiger partial charge on any atom is -0.331 e. The summed E-state index contributed by atoms with van der Waals surface area (Å²) in [7, 11) is 0. The Bertz CT molecular complexity index is 799. The summed E-state index contributed by atoms with van der Waals surface area (Å²) in [4.78, 5) is 22.4. The Hall–Kier alpha value is -2.22. The molecule has 0 saturated carbocycles. The number of halogens is 2. The van der Waals surface area contributed by atoms with E-state index in [0.717, 1.165) is 0 Å². The number of carbonyl (C=O) groups is 1. The van der Waals surface area contributed by atoms with Crippen LogP contribution in [0.4, 0.5) is 11.4 Å². The molecule has 1 amide bonds. The quantitative estimate of drug-likeness (QED) is 0.484. The van der Waals surface area contributed by atoms with E-state index in [4.69, 9.17) is 35.4 Å². The number of nitro benzene ring substituents is 1. The van der Waals surface area contributed by atoms with Crippen molar-refractivity contribution in [3.05, 3.63) is 68.2 Å². The highest BCUT2D eigenvalue weighted by atomic mass is 35.5. The second kappa shape index (κ2) is 7.36. The van der Waals surface area contributed by atoms with E-state index in [1.807, 2.05) is 0 Å². The number of anilines is 1. The number of benzene rings is 2. The first-order valence-corrected chi connectivity index (χ1v) is 7.35. The highest BCUT2D eigenvalue weighted by Crippen LogP contribution is 2.25. The van der Waals surface area contributed by atoms with Crippen LogP contribution >= 0.6 is 35.4 Å². The number of para-hydroxylation sites is 1. The Morgan fingerprint density at radius 1 is 1.17 bits per heavy atom. The third-order valence-electron chi connectivity index (χ3n) is 2.75. The normalized spacial score (nSPS) is 10.0. The van der Waals surface area contributed by atoms with Gasteiger partial charge in [0.15, 0.2) is 5.11 Å². The van der Waals surface area contributed by atoms with Crippen molar-refractivity contribution in [2.24, 2.45) is 0 Å². The summed E-state index contributed by atoms with van der Waals surface area (Å²) in [6, 6.07) is 10.3. The van der Waals surface area contributed by atoms with Gasteiger partial charge in [-0.15, -0.1) is 0 Å². The minimum atomic E-state index is -0.701. The van der Waals surface area contributed by atoms with E-state index in [2.05, 4.69) is 10.6 Å². The van der Waals surface area contributed by atoms with E-state index in [-0.39, 0.29) is 16.4 Å². The molecule has 0 unspecified atom stereocenters. The number of rotatable bonds is 3. The fourth-order valence-electron chi connectivity index (χ4n) is 1.74. The van der Waals surface area contributed by atoms with Crippen LogP contribution in [0, 0.1) is 10.1 Å². The summed E-state index contributed by atoms with van der Waals surface area (Å²) in [6.45, 7) is 0. The molecule has 0 aromatic heterocycles. The molecule has 0 bridgehead atoms. The van der Waals surface area contributed by atoms with Gasteiger partial charge in [-0.3, -0.25) is 20.2 Å². The predicted molar refractivity (Wildman–Crippen MR) is 93.2 cm³/mol. The highest BCUT2D eigenvalue weighted by Gasteiger charge is 2.20. The SMILES string of the molecule is O=C(NC(=S)Nc1cc(Cl)ccc1Cl)c1ccccc1[N+](=O)[O-]. The number of nitrogens with zero attached hydrogens (tertiary/aromatic N) is 1. The molecular weight excluding hydrogens is 361 g/mol. The molecule has 6 nitrogen and oxygen atoms in total. The Kier molecular flexibility index (Phi) is 5.49. The summed E-state index contributed by atoms with van der Waals surface area (Å²) >= 11 is 16.8. The number of thiocarbonyl (C=S) groups is 1. The van der Waals surface area contributed by atoms with Gasteiger partial charge >= 0.3 is 0 Å². The molecule has 0 aliphatic heterocycles. The van der Waals surface area contributed by atoms with Gasteiger partial charge in [-0.25, -0.2) is 0 Å². The summed E-state index contributed by atoms with van der Waals surface area (Å²) < 4.78 is 0. The van der Waals surface area contributed by atoms with Crippen LogP contribution in [0.2, 0.25) is 10.0 Å². The van der Waals surface area contributed by atoms with E-state index < -0.39 is 10.8 Å². The van der Waals surface area contributed by atoms with Crippen molar-refractivity contribution in [3.63, 3.8) is 0 Å². The van der Waals surface area contributed by atoms with E-state index in [1.54, 1.807) is 12.1 Å². The number of carbonyl (C=O) groups excluding carboxylic acids is 1. The molecule has 0 spiro atoms. The lowest BCUT2D eigenvalue weighted by Crippen LogP contribution is -2.34. The first-order valence-electron chi connectivity index (χ1n) is 6.19. The van der Waals surface area contributed by atoms with Crippen LogP contribution in [-0.2, 0) is 0 Å². The van der Waals surface area contributed by atoms with E-state index >= 15 is 0 Å². The van der Waals surface area contributed by atoms with E-state index in [1.165, 1.54) is 30.3 Å². The number of hydrogen-bond donors (Lipinski definition) is 2. The fraction of sp³-hybridized carbons (Fsp3) is 0. The van der Waals surface area contributed by atoms with Crippen LogP contribution in [-0.4, -0.2) is 15.9 Å².